The van der Waals surface area contributed by atoms with Crippen LogP contribution in [0.3, 0.4) is 0 Å². The smallest absolute Gasteiger partial charge is 0.336 e. The van der Waals surface area contributed by atoms with Crippen molar-refractivity contribution in [3.63, 3.8) is 0 Å². The molecule has 0 amide bonds. The molecule has 8 rings (SSSR count). The SMILES string of the molecule is CC1(C)CCN2CCC(C)(C)c3c4c(cc1c32)C(c1ccc(C(=O)O)cc1C(=O)O)=c1cc2c3c(c1O4)C(C)(C)CC[N+]=3CCC2(C)C. The molecule has 5 aliphatic heterocycles. The third-order valence-electron chi connectivity index (χ3n) is 12.5. The minimum Gasteiger partial charge on any atom is -0.478 e. The summed E-state index contributed by atoms with van der Waals surface area (Å²) in [4.78, 5) is 27.7. The Morgan fingerprint density at radius 2 is 1.33 bits per heavy atom. The van der Waals surface area contributed by atoms with Crippen LogP contribution in [0.2, 0.25) is 0 Å². The number of carbonyl (C=O) groups is 2. The zero-order valence-electron chi connectivity index (χ0n) is 29.6. The molecule has 2 N–H and O–H groups in total. The number of hydrogen-bond acceptors (Lipinski definition) is 4. The van der Waals surface area contributed by atoms with Gasteiger partial charge in [-0.2, -0.15) is 0 Å². The van der Waals surface area contributed by atoms with Crippen LogP contribution in [0.4, 0.5) is 5.69 Å². The van der Waals surface area contributed by atoms with Crippen molar-refractivity contribution in [2.45, 2.75) is 103 Å². The summed E-state index contributed by atoms with van der Waals surface area (Å²) in [5.41, 5.74) is 7.86. The molecule has 7 heteroatoms. The second-order valence-corrected chi connectivity index (χ2v) is 17.4. The van der Waals surface area contributed by atoms with Gasteiger partial charge in [-0.25, -0.2) is 14.2 Å². The summed E-state index contributed by atoms with van der Waals surface area (Å²) >= 11 is 0. The van der Waals surface area contributed by atoms with E-state index in [1.807, 2.05) is 0 Å². The molecular formula is C41H47N2O5+. The van der Waals surface area contributed by atoms with Gasteiger partial charge in [-0.1, -0.05) is 61.5 Å². The Morgan fingerprint density at radius 1 is 0.708 bits per heavy atom. The molecule has 0 spiro atoms. The third kappa shape index (κ3) is 4.21. The number of benzene rings is 3. The molecule has 0 atom stereocenters. The minimum atomic E-state index is -1.15. The average molecular weight is 648 g/mol. The molecule has 3 aromatic rings. The van der Waals surface area contributed by atoms with Gasteiger partial charge in [0.05, 0.1) is 16.7 Å². The fraction of sp³-hybridized carbons (Fsp3) is 0.488. The number of anilines is 1. The first-order chi connectivity index (χ1) is 22.4. The van der Waals surface area contributed by atoms with Crippen LogP contribution in [-0.2, 0) is 21.7 Å². The Bertz CT molecular complexity index is 2130. The molecule has 0 bridgehead atoms. The second-order valence-electron chi connectivity index (χ2n) is 17.4. The third-order valence-corrected chi connectivity index (χ3v) is 12.5. The fourth-order valence-corrected chi connectivity index (χ4v) is 9.30. The van der Waals surface area contributed by atoms with Gasteiger partial charge in [-0.05, 0) is 59.1 Å². The zero-order valence-corrected chi connectivity index (χ0v) is 29.6. The lowest BCUT2D eigenvalue weighted by Crippen LogP contribution is -2.54. The minimum absolute atomic E-state index is 0.0123. The Morgan fingerprint density at radius 3 is 2.00 bits per heavy atom. The van der Waals surface area contributed by atoms with Crippen LogP contribution in [0.1, 0.15) is 135 Å². The molecule has 0 saturated carbocycles. The van der Waals surface area contributed by atoms with Gasteiger partial charge >= 0.3 is 11.9 Å². The first-order valence-electron chi connectivity index (χ1n) is 17.5. The molecule has 0 fully saturated rings. The summed E-state index contributed by atoms with van der Waals surface area (Å²) in [7, 11) is 0. The number of aromatic carboxylic acids is 2. The monoisotopic (exact) mass is 647 g/mol. The standard InChI is InChI=1S/C41H46N2O5/c1-38(2)11-15-42-17-13-40(5,6)30-32(42)27(38)20-25-29(23-10-9-22(36(44)45)19-24(23)37(46)47)26-21-28-33-31(35(26)48-34(25)30)41(7,8)14-18-43(33)16-12-39(28,3)4/h9-10,19-21H,11-18H2,1-8H3,(H-,44,45,46,47)/p+1. The molecule has 3 aromatic carbocycles. The summed E-state index contributed by atoms with van der Waals surface area (Å²) < 4.78 is 9.96. The van der Waals surface area contributed by atoms with Crippen molar-refractivity contribution in [3.05, 3.63) is 85.4 Å². The van der Waals surface area contributed by atoms with Crippen molar-refractivity contribution < 1.29 is 24.5 Å². The van der Waals surface area contributed by atoms with E-state index in [9.17, 15) is 19.8 Å². The number of fused-ring (bicyclic) bond motifs is 4. The van der Waals surface area contributed by atoms with Gasteiger partial charge in [-0.15, -0.1) is 0 Å². The highest BCUT2D eigenvalue weighted by atomic mass is 16.5. The molecule has 0 unspecified atom stereocenters. The summed E-state index contributed by atoms with van der Waals surface area (Å²) in [5, 5.41) is 22.7. The first-order valence-corrected chi connectivity index (χ1v) is 17.5. The number of carboxylic acids is 2. The van der Waals surface area contributed by atoms with Gasteiger partial charge in [-0.3, -0.25) is 0 Å². The molecule has 0 saturated heterocycles. The maximum absolute atomic E-state index is 13.0. The van der Waals surface area contributed by atoms with E-state index in [0.29, 0.717) is 5.56 Å². The summed E-state index contributed by atoms with van der Waals surface area (Å²) in [6.45, 7) is 22.5. The highest BCUT2D eigenvalue weighted by Crippen LogP contribution is 2.57. The Labute approximate surface area is 282 Å². The van der Waals surface area contributed by atoms with Gasteiger partial charge in [0, 0.05) is 69.9 Å². The number of rotatable bonds is 3. The highest BCUT2D eigenvalue weighted by molar-refractivity contribution is 6.02. The average Bonchev–Trinajstić information content (AvgIpc) is 3.00. The van der Waals surface area contributed by atoms with Gasteiger partial charge < -0.3 is 19.8 Å². The van der Waals surface area contributed by atoms with Crippen LogP contribution in [0.15, 0.2) is 30.3 Å². The summed E-state index contributed by atoms with van der Waals surface area (Å²) in [6.07, 6.45) is 4.02. The lowest BCUT2D eigenvalue weighted by Gasteiger charge is -2.49. The molecule has 48 heavy (non-hydrogen) atoms. The maximum atomic E-state index is 13.0. The summed E-state index contributed by atoms with van der Waals surface area (Å²) in [6, 6.07) is 9.14. The molecule has 250 valence electrons. The molecule has 5 aliphatic rings. The summed E-state index contributed by atoms with van der Waals surface area (Å²) in [5.74, 6) is -0.651. The van der Waals surface area contributed by atoms with Crippen molar-refractivity contribution >= 4 is 23.2 Å². The van der Waals surface area contributed by atoms with Crippen molar-refractivity contribution in [1.29, 1.82) is 0 Å². The molecular weight excluding hydrogens is 600 g/mol. The predicted molar refractivity (Wildman–Crippen MR) is 188 cm³/mol. The van der Waals surface area contributed by atoms with E-state index in [4.69, 9.17) is 4.74 Å². The van der Waals surface area contributed by atoms with Crippen LogP contribution in [-0.4, -0.2) is 48.3 Å². The molecule has 0 aliphatic carbocycles. The van der Waals surface area contributed by atoms with E-state index in [0.717, 1.165) is 79.7 Å². The van der Waals surface area contributed by atoms with E-state index in [1.54, 1.807) is 12.1 Å². The quantitative estimate of drug-likeness (QED) is 0.248. The molecule has 0 radical (unpaired) electrons. The predicted octanol–water partition coefficient (Wildman–Crippen LogP) is 6.46. The zero-order chi connectivity index (χ0) is 34.3. The first kappa shape index (κ1) is 31.2. The van der Waals surface area contributed by atoms with Crippen molar-refractivity contribution in [2.75, 3.05) is 31.1 Å². The van der Waals surface area contributed by atoms with Gasteiger partial charge in [0.15, 0.2) is 0 Å². The molecule has 0 aromatic heterocycles. The van der Waals surface area contributed by atoms with Crippen molar-refractivity contribution in [3.8, 4) is 11.5 Å². The van der Waals surface area contributed by atoms with Gasteiger partial charge in [0.1, 0.15) is 24.6 Å². The largest absolute Gasteiger partial charge is 0.478 e. The van der Waals surface area contributed by atoms with E-state index < -0.39 is 11.9 Å². The normalized spacial score (nSPS) is 21.7. The van der Waals surface area contributed by atoms with Gasteiger partial charge in [0.2, 0.25) is 5.36 Å². The van der Waals surface area contributed by atoms with Crippen LogP contribution in [0.5, 0.6) is 11.5 Å². The Kier molecular flexibility index (Phi) is 6.32. The van der Waals surface area contributed by atoms with E-state index >= 15 is 0 Å². The Balaban J connectivity index is 1.63. The van der Waals surface area contributed by atoms with Crippen molar-refractivity contribution in [2.24, 2.45) is 0 Å². The number of nitrogens with zero attached hydrogens (tertiary/aromatic N) is 2. The van der Waals surface area contributed by atoms with Crippen LogP contribution in [0.25, 0.3) is 5.57 Å². The van der Waals surface area contributed by atoms with E-state index in [1.165, 1.54) is 39.4 Å². The highest BCUT2D eigenvalue weighted by Gasteiger charge is 2.48. The van der Waals surface area contributed by atoms with Gasteiger partial charge in [0.25, 0.3) is 0 Å². The fourth-order valence-electron chi connectivity index (χ4n) is 9.30. The lowest BCUT2D eigenvalue weighted by atomic mass is 9.67. The van der Waals surface area contributed by atoms with E-state index in [2.05, 4.69) is 77.0 Å². The van der Waals surface area contributed by atoms with Crippen LogP contribution >= 0.6 is 0 Å². The number of carboxylic acid groups (broad SMARTS) is 2. The topological polar surface area (TPSA) is 90.1 Å². The number of hydrogen-bond donors (Lipinski definition) is 2. The lowest BCUT2D eigenvalue weighted by molar-refractivity contribution is 0.0695. The van der Waals surface area contributed by atoms with Crippen LogP contribution in [0, 0.1) is 0 Å². The van der Waals surface area contributed by atoms with E-state index in [-0.39, 0.29) is 32.8 Å². The molecule has 7 nitrogen and oxygen atoms in total. The number of ether oxygens (including phenoxy) is 1. The maximum Gasteiger partial charge on any atom is 0.336 e. The molecule has 5 heterocycles. The second kappa shape index (κ2) is 9.73. The van der Waals surface area contributed by atoms with Crippen LogP contribution < -0.4 is 24.8 Å². The van der Waals surface area contributed by atoms with Crippen molar-refractivity contribution in [1.82, 2.24) is 4.58 Å². The Hall–Kier alpha value is -4.13.